The first-order valence-electron chi connectivity index (χ1n) is 5.93. The summed E-state index contributed by atoms with van der Waals surface area (Å²) >= 11 is 0. The SMILES string of the molecule is COc1ccc(COC(=O)NC(CC(=O)O)C(=O)O)cc1. The Hall–Kier alpha value is -2.77. The quantitative estimate of drug-likeness (QED) is 0.681. The van der Waals surface area contributed by atoms with E-state index in [0.717, 1.165) is 0 Å². The second-order valence-electron chi connectivity index (χ2n) is 4.06. The number of nitrogens with one attached hydrogen (secondary N) is 1. The third-order valence-corrected chi connectivity index (χ3v) is 2.50. The molecule has 3 N–H and O–H groups in total. The number of benzene rings is 1. The van der Waals surface area contributed by atoms with Crippen molar-refractivity contribution in [2.24, 2.45) is 0 Å². The smallest absolute Gasteiger partial charge is 0.408 e. The van der Waals surface area contributed by atoms with E-state index in [1.54, 1.807) is 24.3 Å². The number of methoxy groups -OCH3 is 1. The maximum absolute atomic E-state index is 11.4. The van der Waals surface area contributed by atoms with Gasteiger partial charge < -0.3 is 25.0 Å². The van der Waals surface area contributed by atoms with Gasteiger partial charge in [-0.05, 0) is 17.7 Å². The lowest BCUT2D eigenvalue weighted by molar-refractivity contribution is -0.145. The summed E-state index contributed by atoms with van der Waals surface area (Å²) in [5.74, 6) is -2.13. The van der Waals surface area contributed by atoms with E-state index in [1.165, 1.54) is 7.11 Å². The van der Waals surface area contributed by atoms with Gasteiger partial charge in [-0.1, -0.05) is 12.1 Å². The maximum Gasteiger partial charge on any atom is 0.408 e. The highest BCUT2D eigenvalue weighted by atomic mass is 16.5. The number of hydrogen-bond acceptors (Lipinski definition) is 5. The molecule has 1 atom stereocenters. The van der Waals surface area contributed by atoms with Crippen molar-refractivity contribution in [3.63, 3.8) is 0 Å². The van der Waals surface area contributed by atoms with Crippen LogP contribution in [0.5, 0.6) is 5.75 Å². The third-order valence-electron chi connectivity index (χ3n) is 2.50. The predicted octanol–water partition coefficient (Wildman–Crippen LogP) is 0.849. The molecule has 0 saturated carbocycles. The normalized spacial score (nSPS) is 11.3. The van der Waals surface area contributed by atoms with Crippen LogP contribution in [0.2, 0.25) is 0 Å². The maximum atomic E-state index is 11.4. The topological polar surface area (TPSA) is 122 Å². The van der Waals surface area contributed by atoms with E-state index in [1.807, 2.05) is 5.32 Å². The Morgan fingerprint density at radius 2 is 1.81 bits per heavy atom. The standard InChI is InChI=1S/C13H15NO7/c1-20-9-4-2-8(3-5-9)7-21-13(19)14-10(12(17)18)6-11(15)16/h2-5,10H,6-7H2,1H3,(H,14,19)(H,15,16)(H,17,18). The van der Waals surface area contributed by atoms with Crippen LogP contribution in [0, 0.1) is 0 Å². The Labute approximate surface area is 120 Å². The highest BCUT2D eigenvalue weighted by molar-refractivity contribution is 5.84. The molecule has 0 heterocycles. The molecule has 0 aliphatic carbocycles. The molecule has 0 spiro atoms. The van der Waals surface area contributed by atoms with Crippen LogP contribution in [0.15, 0.2) is 24.3 Å². The van der Waals surface area contributed by atoms with Crippen LogP contribution >= 0.6 is 0 Å². The third kappa shape index (κ3) is 5.81. The molecule has 1 aromatic rings. The largest absolute Gasteiger partial charge is 0.497 e. The van der Waals surface area contributed by atoms with Crippen molar-refractivity contribution in [1.29, 1.82) is 0 Å². The number of aliphatic carboxylic acids is 2. The molecule has 0 fully saturated rings. The van der Waals surface area contributed by atoms with E-state index >= 15 is 0 Å². The lowest BCUT2D eigenvalue weighted by Crippen LogP contribution is -2.42. The van der Waals surface area contributed by atoms with E-state index in [4.69, 9.17) is 19.7 Å². The van der Waals surface area contributed by atoms with E-state index in [0.29, 0.717) is 11.3 Å². The van der Waals surface area contributed by atoms with Gasteiger partial charge in [-0.2, -0.15) is 0 Å². The van der Waals surface area contributed by atoms with E-state index in [-0.39, 0.29) is 6.61 Å². The summed E-state index contributed by atoms with van der Waals surface area (Å²) in [5, 5.41) is 19.3. The van der Waals surface area contributed by atoms with Crippen LogP contribution in [-0.2, 0) is 20.9 Å². The van der Waals surface area contributed by atoms with Gasteiger partial charge in [-0.25, -0.2) is 9.59 Å². The van der Waals surface area contributed by atoms with Gasteiger partial charge in [0.05, 0.1) is 13.5 Å². The Balaban J connectivity index is 2.48. The van der Waals surface area contributed by atoms with Gasteiger partial charge in [0.25, 0.3) is 0 Å². The first-order chi connectivity index (χ1) is 9.92. The molecule has 0 aliphatic heterocycles. The van der Waals surface area contributed by atoms with Crippen LogP contribution in [0.25, 0.3) is 0 Å². The van der Waals surface area contributed by atoms with Crippen molar-refractivity contribution in [2.75, 3.05) is 7.11 Å². The van der Waals surface area contributed by atoms with Gasteiger partial charge in [-0.15, -0.1) is 0 Å². The molecule has 0 aliphatic rings. The van der Waals surface area contributed by atoms with Crippen molar-refractivity contribution in [3.05, 3.63) is 29.8 Å². The molecule has 21 heavy (non-hydrogen) atoms. The van der Waals surface area contributed by atoms with Gasteiger partial charge in [0.15, 0.2) is 0 Å². The molecule has 114 valence electrons. The van der Waals surface area contributed by atoms with E-state index in [9.17, 15) is 14.4 Å². The minimum Gasteiger partial charge on any atom is -0.497 e. The number of carboxylic acid groups (broad SMARTS) is 2. The van der Waals surface area contributed by atoms with Gasteiger partial charge in [0, 0.05) is 0 Å². The average molecular weight is 297 g/mol. The van der Waals surface area contributed by atoms with Crippen LogP contribution in [0.4, 0.5) is 4.79 Å². The van der Waals surface area contributed by atoms with Crippen LogP contribution in [-0.4, -0.2) is 41.4 Å². The van der Waals surface area contributed by atoms with Gasteiger partial charge in [-0.3, -0.25) is 4.79 Å². The molecule has 1 rings (SSSR count). The Morgan fingerprint density at radius 3 is 2.29 bits per heavy atom. The highest BCUT2D eigenvalue weighted by Crippen LogP contribution is 2.11. The lowest BCUT2D eigenvalue weighted by atomic mass is 10.2. The molecular formula is C13H15NO7. The molecule has 0 bridgehead atoms. The molecule has 1 amide bonds. The fourth-order valence-corrected chi connectivity index (χ4v) is 1.43. The van der Waals surface area contributed by atoms with Crippen LogP contribution < -0.4 is 10.1 Å². The fourth-order valence-electron chi connectivity index (χ4n) is 1.43. The lowest BCUT2D eigenvalue weighted by Gasteiger charge is -2.12. The number of alkyl carbamates (subject to hydrolysis) is 1. The Kier molecular flexibility index (Phi) is 5.99. The minimum atomic E-state index is -1.54. The second kappa shape index (κ2) is 7.73. The zero-order valence-corrected chi connectivity index (χ0v) is 11.2. The molecular weight excluding hydrogens is 282 g/mol. The number of hydrogen-bond donors (Lipinski definition) is 3. The predicted molar refractivity (Wildman–Crippen MR) is 70.0 cm³/mol. The zero-order valence-electron chi connectivity index (χ0n) is 11.2. The number of ether oxygens (including phenoxy) is 2. The number of carboxylic acids is 2. The molecule has 1 aromatic carbocycles. The van der Waals surface area contributed by atoms with Crippen LogP contribution in [0.3, 0.4) is 0 Å². The summed E-state index contributed by atoms with van der Waals surface area (Å²) in [7, 11) is 1.52. The zero-order chi connectivity index (χ0) is 15.8. The summed E-state index contributed by atoms with van der Waals surface area (Å²) in [6.07, 6.45) is -1.73. The van der Waals surface area contributed by atoms with Gasteiger partial charge in [0.2, 0.25) is 0 Å². The summed E-state index contributed by atoms with van der Waals surface area (Å²) in [5.41, 5.74) is 0.677. The molecule has 0 aromatic heterocycles. The highest BCUT2D eigenvalue weighted by Gasteiger charge is 2.23. The summed E-state index contributed by atoms with van der Waals surface area (Å²) < 4.78 is 9.79. The van der Waals surface area contributed by atoms with Crippen molar-refractivity contribution < 1.29 is 34.1 Å². The van der Waals surface area contributed by atoms with Gasteiger partial charge >= 0.3 is 18.0 Å². The van der Waals surface area contributed by atoms with Gasteiger partial charge in [0.1, 0.15) is 18.4 Å². The number of amides is 1. The molecule has 8 heteroatoms. The van der Waals surface area contributed by atoms with Crippen LogP contribution in [0.1, 0.15) is 12.0 Å². The van der Waals surface area contributed by atoms with E-state index < -0.39 is 30.5 Å². The minimum absolute atomic E-state index is 0.0742. The number of carbonyl (C=O) groups excluding carboxylic acids is 1. The fraction of sp³-hybridized carbons (Fsp3) is 0.308. The first-order valence-corrected chi connectivity index (χ1v) is 5.93. The Bertz CT molecular complexity index is 512. The monoisotopic (exact) mass is 297 g/mol. The summed E-state index contributed by atoms with van der Waals surface area (Å²) in [4.78, 5) is 32.7. The first kappa shape index (κ1) is 16.3. The molecule has 0 radical (unpaired) electrons. The average Bonchev–Trinajstić information content (AvgIpc) is 2.44. The Morgan fingerprint density at radius 1 is 1.19 bits per heavy atom. The van der Waals surface area contributed by atoms with Crippen molar-refractivity contribution in [1.82, 2.24) is 5.32 Å². The number of rotatable bonds is 7. The van der Waals surface area contributed by atoms with E-state index in [2.05, 4.69) is 0 Å². The summed E-state index contributed by atoms with van der Waals surface area (Å²) in [6, 6.07) is 5.18. The number of carbonyl (C=O) groups is 3. The molecule has 1 unspecified atom stereocenters. The van der Waals surface area contributed by atoms with Crippen molar-refractivity contribution >= 4 is 18.0 Å². The molecule has 8 nitrogen and oxygen atoms in total. The second-order valence-corrected chi connectivity index (χ2v) is 4.06. The van der Waals surface area contributed by atoms with Crippen molar-refractivity contribution in [2.45, 2.75) is 19.1 Å². The van der Waals surface area contributed by atoms with Crippen molar-refractivity contribution in [3.8, 4) is 5.75 Å². The molecule has 0 saturated heterocycles. The summed E-state index contributed by atoms with van der Waals surface area (Å²) in [6.45, 7) is -0.0742.